The van der Waals surface area contributed by atoms with Crippen molar-refractivity contribution in [3.05, 3.63) is 77.6 Å². The second-order valence-electron chi connectivity index (χ2n) is 8.33. The van der Waals surface area contributed by atoms with Crippen LogP contribution in [-0.2, 0) is 10.0 Å². The minimum absolute atomic E-state index is 0.111. The van der Waals surface area contributed by atoms with Crippen molar-refractivity contribution in [2.75, 3.05) is 5.73 Å². The first-order chi connectivity index (χ1) is 16.7. The summed E-state index contributed by atoms with van der Waals surface area (Å²) in [6.45, 7) is 3.16. The number of hydrogen-bond donors (Lipinski definition) is 2. The van der Waals surface area contributed by atoms with E-state index < -0.39 is 21.1 Å². The van der Waals surface area contributed by atoms with Gasteiger partial charge in [-0.1, -0.05) is 48.0 Å². The van der Waals surface area contributed by atoms with Crippen LogP contribution in [0.15, 0.2) is 66.7 Å². The Morgan fingerprint density at radius 3 is 2.43 bits per heavy atom. The molecule has 0 aliphatic heterocycles. The lowest BCUT2D eigenvalue weighted by molar-refractivity contribution is 0.580. The molecule has 7 nitrogen and oxygen atoms in total. The zero-order valence-electron chi connectivity index (χ0n) is 18.8. The molecule has 178 valence electrons. The molecular formula is C25H21ClFN5O2S. The lowest BCUT2D eigenvalue weighted by Gasteiger charge is -2.11. The van der Waals surface area contributed by atoms with Crippen molar-refractivity contribution < 1.29 is 12.8 Å². The van der Waals surface area contributed by atoms with Gasteiger partial charge < -0.3 is 10.7 Å². The Hall–Kier alpha value is -3.69. The number of nitrogen functional groups attached to an aromatic ring is 1. The van der Waals surface area contributed by atoms with E-state index >= 15 is 0 Å². The lowest BCUT2D eigenvalue weighted by atomic mass is 10.0. The smallest absolute Gasteiger partial charge is 0.244 e. The molecule has 0 aliphatic rings. The monoisotopic (exact) mass is 509 g/mol. The summed E-state index contributed by atoms with van der Waals surface area (Å²) in [5.41, 5.74) is 9.67. The normalized spacial score (nSPS) is 12.0. The predicted molar refractivity (Wildman–Crippen MR) is 137 cm³/mol. The highest BCUT2D eigenvalue weighted by atomic mass is 35.5. The van der Waals surface area contributed by atoms with Gasteiger partial charge in [-0.05, 0) is 44.2 Å². The van der Waals surface area contributed by atoms with E-state index in [4.69, 9.17) is 22.3 Å². The Labute approximate surface area is 206 Å². The van der Waals surface area contributed by atoms with Crippen LogP contribution in [0.4, 0.5) is 10.3 Å². The molecule has 0 saturated carbocycles. The number of halogens is 2. The van der Waals surface area contributed by atoms with Gasteiger partial charge in [0.2, 0.25) is 16.0 Å². The molecule has 0 radical (unpaired) electrons. The number of imidazole rings is 2. The zero-order chi connectivity index (χ0) is 24.9. The van der Waals surface area contributed by atoms with E-state index in [9.17, 15) is 12.8 Å². The fraction of sp³-hybridized carbons (Fsp3) is 0.120. The maximum atomic E-state index is 14.7. The molecule has 5 rings (SSSR count). The number of nitrogens with zero attached hydrogens (tertiary/aromatic N) is 3. The Morgan fingerprint density at radius 1 is 1.00 bits per heavy atom. The van der Waals surface area contributed by atoms with Gasteiger partial charge in [-0.3, -0.25) is 0 Å². The van der Waals surface area contributed by atoms with Crippen LogP contribution in [-0.4, -0.2) is 32.6 Å². The number of rotatable bonds is 5. The van der Waals surface area contributed by atoms with E-state index in [2.05, 4.69) is 9.97 Å². The average Bonchev–Trinajstić information content (AvgIpc) is 3.40. The largest absolute Gasteiger partial charge is 0.368 e. The van der Waals surface area contributed by atoms with Gasteiger partial charge in [0.1, 0.15) is 11.6 Å². The maximum Gasteiger partial charge on any atom is 0.244 e. The van der Waals surface area contributed by atoms with E-state index in [-0.39, 0.29) is 16.5 Å². The molecule has 3 N–H and O–H groups in total. The second kappa shape index (κ2) is 8.51. The lowest BCUT2D eigenvalue weighted by Crippen LogP contribution is -2.23. The minimum Gasteiger partial charge on any atom is -0.368 e. The van der Waals surface area contributed by atoms with Crippen LogP contribution in [0, 0.1) is 5.82 Å². The van der Waals surface area contributed by atoms with Crippen LogP contribution in [0.5, 0.6) is 0 Å². The van der Waals surface area contributed by atoms with Crippen molar-refractivity contribution in [3.63, 3.8) is 0 Å². The summed E-state index contributed by atoms with van der Waals surface area (Å²) >= 11 is 5.93. The molecule has 0 saturated heterocycles. The van der Waals surface area contributed by atoms with Crippen LogP contribution in [0.2, 0.25) is 5.02 Å². The number of aromatic amines is 1. The Kier molecular flexibility index (Phi) is 5.61. The van der Waals surface area contributed by atoms with Gasteiger partial charge in [0.05, 0.1) is 33.2 Å². The van der Waals surface area contributed by atoms with Gasteiger partial charge in [0, 0.05) is 16.1 Å². The summed E-state index contributed by atoms with van der Waals surface area (Å²) < 4.78 is 41.8. The van der Waals surface area contributed by atoms with Gasteiger partial charge >= 0.3 is 0 Å². The number of fused-ring (bicyclic) bond motifs is 1. The van der Waals surface area contributed by atoms with E-state index in [0.717, 1.165) is 9.54 Å². The van der Waals surface area contributed by atoms with Crippen LogP contribution in [0.1, 0.15) is 13.8 Å². The third-order valence-electron chi connectivity index (χ3n) is 5.71. The van der Waals surface area contributed by atoms with Crippen LogP contribution in [0.25, 0.3) is 44.9 Å². The molecule has 3 aromatic carbocycles. The summed E-state index contributed by atoms with van der Waals surface area (Å²) in [5, 5.41) is -0.417. The fourth-order valence-electron chi connectivity index (χ4n) is 3.90. The standard InChI is InChI=1S/C25H21ClFN5O2S/c1-14(2)35(33,34)32-21-12-16(8-11-20(21)29-25(32)28)23-22(15-6-4-3-5-7-15)30-24(31-23)18-10-9-17(26)13-19(18)27/h3-14H,1-2H3,(H2,28,29)(H,30,31). The Balaban J connectivity index is 1.76. The zero-order valence-corrected chi connectivity index (χ0v) is 20.4. The fourth-order valence-corrected chi connectivity index (χ4v) is 5.21. The first-order valence-corrected chi connectivity index (χ1v) is 12.7. The van der Waals surface area contributed by atoms with Crippen LogP contribution >= 0.6 is 11.6 Å². The number of aromatic nitrogens is 4. The topological polar surface area (TPSA) is 107 Å². The summed E-state index contributed by atoms with van der Waals surface area (Å²) in [5.74, 6) is -0.308. The molecule has 0 spiro atoms. The van der Waals surface area contributed by atoms with Gasteiger partial charge in [-0.2, -0.15) is 0 Å². The van der Waals surface area contributed by atoms with Crippen molar-refractivity contribution in [2.45, 2.75) is 19.1 Å². The van der Waals surface area contributed by atoms with Gasteiger partial charge in [-0.25, -0.2) is 26.7 Å². The number of H-pyrrole nitrogens is 1. The Morgan fingerprint density at radius 2 is 1.74 bits per heavy atom. The Bertz CT molecular complexity index is 1680. The molecular weight excluding hydrogens is 489 g/mol. The molecule has 0 unspecified atom stereocenters. The average molecular weight is 510 g/mol. The first kappa shape index (κ1) is 23.1. The van der Waals surface area contributed by atoms with Gasteiger partial charge in [-0.15, -0.1) is 0 Å². The van der Waals surface area contributed by atoms with Gasteiger partial charge in [0.25, 0.3) is 0 Å². The highest BCUT2D eigenvalue weighted by Gasteiger charge is 2.25. The van der Waals surface area contributed by atoms with E-state index in [1.54, 1.807) is 44.2 Å². The van der Waals surface area contributed by atoms with Gasteiger partial charge in [0.15, 0.2) is 0 Å². The third kappa shape index (κ3) is 3.96. The molecule has 10 heteroatoms. The molecule has 5 aromatic rings. The molecule has 35 heavy (non-hydrogen) atoms. The molecule has 0 atom stereocenters. The van der Waals surface area contributed by atoms with E-state index in [0.29, 0.717) is 33.8 Å². The van der Waals surface area contributed by atoms with Crippen molar-refractivity contribution in [3.8, 4) is 33.9 Å². The number of anilines is 1. The molecule has 0 bridgehead atoms. The van der Waals surface area contributed by atoms with Crippen LogP contribution in [0.3, 0.4) is 0 Å². The first-order valence-electron chi connectivity index (χ1n) is 10.8. The summed E-state index contributed by atoms with van der Waals surface area (Å²) in [6.07, 6.45) is 0. The molecule has 2 aromatic heterocycles. The maximum absolute atomic E-state index is 14.7. The molecule has 2 heterocycles. The quantitative estimate of drug-likeness (QED) is 0.315. The molecule has 0 fully saturated rings. The second-order valence-corrected chi connectivity index (χ2v) is 11.1. The van der Waals surface area contributed by atoms with Crippen molar-refractivity contribution in [2.24, 2.45) is 0 Å². The minimum atomic E-state index is -3.76. The third-order valence-corrected chi connectivity index (χ3v) is 8.03. The highest BCUT2D eigenvalue weighted by Crippen LogP contribution is 2.36. The summed E-state index contributed by atoms with van der Waals surface area (Å²) in [6, 6.07) is 19.0. The molecule has 0 amide bonds. The van der Waals surface area contributed by atoms with E-state index in [1.165, 1.54) is 6.07 Å². The van der Waals surface area contributed by atoms with Crippen molar-refractivity contribution >= 4 is 38.6 Å². The van der Waals surface area contributed by atoms with Crippen molar-refractivity contribution in [1.29, 1.82) is 0 Å². The predicted octanol–water partition coefficient (Wildman–Crippen LogP) is 5.72. The number of hydrogen-bond acceptors (Lipinski definition) is 5. The van der Waals surface area contributed by atoms with Crippen molar-refractivity contribution in [1.82, 2.24) is 18.9 Å². The number of nitrogens with two attached hydrogens (primary N) is 1. The molecule has 0 aliphatic carbocycles. The van der Waals surface area contributed by atoms with E-state index in [1.807, 2.05) is 30.3 Å². The van der Waals surface area contributed by atoms with Crippen LogP contribution < -0.4 is 5.73 Å². The summed E-state index contributed by atoms with van der Waals surface area (Å²) in [4.78, 5) is 12.2. The number of nitrogens with one attached hydrogen (secondary N) is 1. The SMILES string of the molecule is CC(C)S(=O)(=O)n1c(N)nc2ccc(-c3nc(-c4ccc(Cl)cc4F)[nH]c3-c3ccccc3)cc21. The number of benzene rings is 3. The summed E-state index contributed by atoms with van der Waals surface area (Å²) in [7, 11) is -3.76. The highest BCUT2D eigenvalue weighted by molar-refractivity contribution is 7.90.